The van der Waals surface area contributed by atoms with Crippen LogP contribution < -0.4 is 15.8 Å². The number of amides is 1. The van der Waals surface area contributed by atoms with Crippen molar-refractivity contribution in [2.75, 3.05) is 18.9 Å². The number of rotatable bonds is 6. The molecule has 19 heavy (non-hydrogen) atoms. The standard InChI is InChI=1S/C14H22N2O3/c1-4-19-13-6-5-11(7-12(13)15)14(18)16-10(3)9(2)8-17/h5-7,9-10,17H,4,8,15H2,1-3H3,(H,16,18). The van der Waals surface area contributed by atoms with Gasteiger partial charge in [0.2, 0.25) is 0 Å². The molecule has 0 aromatic heterocycles. The van der Waals surface area contributed by atoms with Crippen LogP contribution in [0.5, 0.6) is 5.75 Å². The van der Waals surface area contributed by atoms with E-state index < -0.39 is 0 Å². The number of carbonyl (C=O) groups excluding carboxylic acids is 1. The minimum atomic E-state index is -0.206. The van der Waals surface area contributed by atoms with Gasteiger partial charge in [0.25, 0.3) is 5.91 Å². The average Bonchev–Trinajstić information content (AvgIpc) is 2.40. The molecule has 0 aliphatic heterocycles. The molecule has 0 spiro atoms. The van der Waals surface area contributed by atoms with Crippen molar-refractivity contribution < 1.29 is 14.6 Å². The number of nitrogens with one attached hydrogen (secondary N) is 1. The third-order valence-electron chi connectivity index (χ3n) is 3.07. The zero-order valence-corrected chi connectivity index (χ0v) is 11.6. The lowest BCUT2D eigenvalue weighted by molar-refractivity contribution is 0.0916. The minimum absolute atomic E-state index is 0.00370. The van der Waals surface area contributed by atoms with Gasteiger partial charge in [0.05, 0.1) is 12.3 Å². The lowest BCUT2D eigenvalue weighted by Crippen LogP contribution is -2.38. The largest absolute Gasteiger partial charge is 0.492 e. The highest BCUT2D eigenvalue weighted by Gasteiger charge is 2.15. The van der Waals surface area contributed by atoms with E-state index in [2.05, 4.69) is 5.32 Å². The number of benzene rings is 1. The summed E-state index contributed by atoms with van der Waals surface area (Å²) in [6, 6.07) is 4.85. The van der Waals surface area contributed by atoms with E-state index in [9.17, 15) is 4.79 Å². The number of hydrogen-bond acceptors (Lipinski definition) is 4. The molecule has 106 valence electrons. The van der Waals surface area contributed by atoms with Crippen molar-refractivity contribution in [3.05, 3.63) is 23.8 Å². The van der Waals surface area contributed by atoms with Crippen molar-refractivity contribution in [1.29, 1.82) is 0 Å². The van der Waals surface area contributed by atoms with Gasteiger partial charge in [0.15, 0.2) is 0 Å². The molecule has 0 radical (unpaired) electrons. The van der Waals surface area contributed by atoms with Crippen LogP contribution in [0.2, 0.25) is 0 Å². The zero-order valence-electron chi connectivity index (χ0n) is 11.6. The van der Waals surface area contributed by atoms with Gasteiger partial charge in [0.1, 0.15) is 5.75 Å². The van der Waals surface area contributed by atoms with Crippen molar-refractivity contribution >= 4 is 11.6 Å². The summed E-state index contributed by atoms with van der Waals surface area (Å²) in [6.45, 7) is 6.17. The third-order valence-corrected chi connectivity index (χ3v) is 3.07. The fraction of sp³-hybridized carbons (Fsp3) is 0.500. The maximum atomic E-state index is 12.0. The third kappa shape index (κ3) is 4.13. The van der Waals surface area contributed by atoms with Crippen molar-refractivity contribution in [1.82, 2.24) is 5.32 Å². The van der Waals surface area contributed by atoms with Gasteiger partial charge >= 0.3 is 0 Å². The molecule has 2 atom stereocenters. The number of ether oxygens (including phenoxy) is 1. The second-order valence-electron chi connectivity index (χ2n) is 4.61. The summed E-state index contributed by atoms with van der Waals surface area (Å²) in [6.07, 6.45) is 0. The Kier molecular flexibility index (Phi) is 5.63. The highest BCUT2D eigenvalue weighted by Crippen LogP contribution is 2.22. The first-order chi connectivity index (χ1) is 8.99. The Morgan fingerprint density at radius 2 is 2.16 bits per heavy atom. The Bertz CT molecular complexity index is 435. The van der Waals surface area contributed by atoms with Gasteiger partial charge in [-0.25, -0.2) is 0 Å². The van der Waals surface area contributed by atoms with E-state index >= 15 is 0 Å². The van der Waals surface area contributed by atoms with Crippen molar-refractivity contribution in [2.24, 2.45) is 5.92 Å². The number of hydrogen-bond donors (Lipinski definition) is 3. The maximum absolute atomic E-state index is 12.0. The Morgan fingerprint density at radius 3 is 2.68 bits per heavy atom. The highest BCUT2D eigenvalue weighted by atomic mass is 16.5. The molecule has 1 aromatic carbocycles. The predicted molar refractivity (Wildman–Crippen MR) is 75.2 cm³/mol. The van der Waals surface area contributed by atoms with Gasteiger partial charge in [-0.05, 0) is 38.0 Å². The predicted octanol–water partition coefficient (Wildman–Crippen LogP) is 1.41. The molecule has 1 amide bonds. The molecule has 0 heterocycles. The summed E-state index contributed by atoms with van der Waals surface area (Å²) in [5.74, 6) is 0.377. The molecule has 5 nitrogen and oxygen atoms in total. The lowest BCUT2D eigenvalue weighted by Gasteiger charge is -2.19. The van der Waals surface area contributed by atoms with Gasteiger partial charge in [-0.2, -0.15) is 0 Å². The summed E-state index contributed by atoms with van der Waals surface area (Å²) in [5, 5.41) is 11.9. The number of nitrogens with two attached hydrogens (primary N) is 1. The van der Waals surface area contributed by atoms with Crippen LogP contribution in [-0.4, -0.2) is 30.3 Å². The molecule has 2 unspecified atom stereocenters. The van der Waals surface area contributed by atoms with E-state index in [0.717, 1.165) is 0 Å². The van der Waals surface area contributed by atoms with Crippen LogP contribution in [0, 0.1) is 5.92 Å². The fourth-order valence-corrected chi connectivity index (χ4v) is 1.57. The Morgan fingerprint density at radius 1 is 1.47 bits per heavy atom. The van der Waals surface area contributed by atoms with Crippen LogP contribution >= 0.6 is 0 Å². The summed E-state index contributed by atoms with van der Waals surface area (Å²) in [4.78, 5) is 12.0. The number of anilines is 1. The molecular weight excluding hydrogens is 244 g/mol. The monoisotopic (exact) mass is 266 g/mol. The van der Waals surface area contributed by atoms with Crippen molar-refractivity contribution in [3.8, 4) is 5.75 Å². The van der Waals surface area contributed by atoms with Crippen LogP contribution in [0.4, 0.5) is 5.69 Å². The molecule has 0 aliphatic carbocycles. The summed E-state index contributed by atoms with van der Waals surface area (Å²) < 4.78 is 5.32. The van der Waals surface area contributed by atoms with Gasteiger partial charge in [-0.1, -0.05) is 6.92 Å². The molecule has 0 saturated heterocycles. The van der Waals surface area contributed by atoms with Crippen LogP contribution in [0.15, 0.2) is 18.2 Å². The molecule has 0 aliphatic rings. The number of aliphatic hydroxyl groups excluding tert-OH is 1. The van der Waals surface area contributed by atoms with Crippen LogP contribution in [0.1, 0.15) is 31.1 Å². The summed E-state index contributed by atoms with van der Waals surface area (Å²) in [7, 11) is 0. The molecular formula is C14H22N2O3. The number of carbonyl (C=O) groups is 1. The van der Waals surface area contributed by atoms with E-state index in [1.165, 1.54) is 0 Å². The number of nitrogen functional groups attached to an aromatic ring is 1. The topological polar surface area (TPSA) is 84.6 Å². The highest BCUT2D eigenvalue weighted by molar-refractivity contribution is 5.95. The van der Waals surface area contributed by atoms with Crippen molar-refractivity contribution in [3.63, 3.8) is 0 Å². The van der Waals surface area contributed by atoms with Gasteiger partial charge < -0.3 is 20.9 Å². The Hall–Kier alpha value is -1.75. The lowest BCUT2D eigenvalue weighted by atomic mass is 10.0. The molecule has 0 fully saturated rings. The molecule has 0 saturated carbocycles. The molecule has 4 N–H and O–H groups in total. The molecule has 1 rings (SSSR count). The first-order valence-corrected chi connectivity index (χ1v) is 6.43. The van der Waals surface area contributed by atoms with Gasteiger partial charge in [-0.3, -0.25) is 4.79 Å². The van der Waals surface area contributed by atoms with E-state index in [1.54, 1.807) is 18.2 Å². The molecule has 1 aromatic rings. The Balaban J connectivity index is 2.75. The average molecular weight is 266 g/mol. The maximum Gasteiger partial charge on any atom is 0.251 e. The van der Waals surface area contributed by atoms with Crippen LogP contribution in [-0.2, 0) is 0 Å². The van der Waals surface area contributed by atoms with Crippen LogP contribution in [0.25, 0.3) is 0 Å². The van der Waals surface area contributed by atoms with E-state index in [1.807, 2.05) is 20.8 Å². The second kappa shape index (κ2) is 6.99. The Labute approximate surface area is 113 Å². The van der Waals surface area contributed by atoms with Gasteiger partial charge in [0, 0.05) is 18.2 Å². The number of aliphatic hydroxyl groups is 1. The zero-order chi connectivity index (χ0) is 14.4. The van der Waals surface area contributed by atoms with E-state index in [4.69, 9.17) is 15.6 Å². The second-order valence-corrected chi connectivity index (χ2v) is 4.61. The smallest absolute Gasteiger partial charge is 0.251 e. The first-order valence-electron chi connectivity index (χ1n) is 6.43. The minimum Gasteiger partial charge on any atom is -0.492 e. The van der Waals surface area contributed by atoms with Crippen LogP contribution in [0.3, 0.4) is 0 Å². The molecule has 5 heteroatoms. The van der Waals surface area contributed by atoms with E-state index in [0.29, 0.717) is 23.6 Å². The fourth-order valence-electron chi connectivity index (χ4n) is 1.57. The quantitative estimate of drug-likeness (QED) is 0.680. The summed E-state index contributed by atoms with van der Waals surface area (Å²) >= 11 is 0. The van der Waals surface area contributed by atoms with Crippen molar-refractivity contribution in [2.45, 2.75) is 26.8 Å². The van der Waals surface area contributed by atoms with E-state index in [-0.39, 0.29) is 24.5 Å². The first kappa shape index (κ1) is 15.3. The normalized spacial score (nSPS) is 13.7. The molecule has 0 bridgehead atoms. The van der Waals surface area contributed by atoms with Gasteiger partial charge in [-0.15, -0.1) is 0 Å². The summed E-state index contributed by atoms with van der Waals surface area (Å²) in [5.41, 5.74) is 6.74. The SMILES string of the molecule is CCOc1ccc(C(=O)NC(C)C(C)CO)cc1N.